The van der Waals surface area contributed by atoms with E-state index in [9.17, 15) is 40.5 Å². The summed E-state index contributed by atoms with van der Waals surface area (Å²) in [5.74, 6) is 0.302. The molecule has 0 aromatic carbocycles. The average Bonchev–Trinajstić information content (AvgIpc) is 3.43. The highest BCUT2D eigenvalue weighted by Crippen LogP contribution is 2.73. The maximum Gasteiger partial charge on any atom is 0.314 e. The molecule has 0 aromatic heterocycles. The van der Waals surface area contributed by atoms with E-state index in [1.807, 2.05) is 0 Å². The molecule has 0 amide bonds. The molecule has 6 aliphatic rings. The van der Waals surface area contributed by atoms with Crippen LogP contribution in [0, 0.1) is 39.4 Å². The summed E-state index contributed by atoms with van der Waals surface area (Å²) in [6, 6.07) is 0. The highest BCUT2D eigenvalue weighted by Gasteiger charge is 2.68. The number of aliphatic hydroxyl groups is 6. The summed E-state index contributed by atoms with van der Waals surface area (Å²) in [5, 5.41) is 73.7. The van der Waals surface area contributed by atoms with Gasteiger partial charge in [-0.05, 0) is 112 Å². The van der Waals surface area contributed by atoms with Crippen molar-refractivity contribution in [3.05, 3.63) is 22.8 Å². The van der Waals surface area contributed by atoms with Crippen LogP contribution in [0.15, 0.2) is 22.8 Å². The number of ether oxygens (including phenoxy) is 4. The van der Waals surface area contributed by atoms with Crippen LogP contribution >= 0.6 is 0 Å². The molecule has 302 valence electrons. The van der Waals surface area contributed by atoms with Gasteiger partial charge in [0.1, 0.15) is 42.7 Å². The fourth-order valence-corrected chi connectivity index (χ4v) is 12.3. The van der Waals surface area contributed by atoms with Gasteiger partial charge in [-0.3, -0.25) is 4.79 Å². The van der Waals surface area contributed by atoms with Crippen LogP contribution in [0.5, 0.6) is 0 Å². The van der Waals surface area contributed by atoms with Gasteiger partial charge in [0.05, 0.1) is 24.7 Å². The van der Waals surface area contributed by atoms with E-state index in [0.717, 1.165) is 51.4 Å². The first-order chi connectivity index (χ1) is 24.8. The molecule has 4 aliphatic carbocycles. The van der Waals surface area contributed by atoms with Crippen molar-refractivity contribution in [3.8, 4) is 0 Å². The second-order valence-corrected chi connectivity index (χ2v) is 18.6. The van der Waals surface area contributed by atoms with Crippen molar-refractivity contribution in [2.75, 3.05) is 13.2 Å². The smallest absolute Gasteiger partial charge is 0.314 e. The molecule has 0 spiro atoms. The van der Waals surface area contributed by atoms with Gasteiger partial charge in [-0.2, -0.15) is 0 Å². The molecule has 0 bridgehead atoms. The molecule has 12 heteroatoms. The molecular formula is C41H66O12. The summed E-state index contributed by atoms with van der Waals surface area (Å²) < 4.78 is 24.1. The Hall–Kier alpha value is -1.45. The van der Waals surface area contributed by atoms with Crippen molar-refractivity contribution in [1.82, 2.24) is 0 Å². The Kier molecular flexibility index (Phi) is 11.8. The zero-order valence-corrected chi connectivity index (χ0v) is 32.7. The third kappa shape index (κ3) is 6.68. The molecule has 16 atom stereocenters. The first kappa shape index (κ1) is 41.2. The number of aliphatic hydroxyl groups excluding tert-OH is 6. The normalized spacial score (nSPS) is 47.3. The van der Waals surface area contributed by atoms with Gasteiger partial charge in [0.25, 0.3) is 0 Å². The van der Waals surface area contributed by atoms with E-state index in [0.29, 0.717) is 24.7 Å². The summed E-state index contributed by atoms with van der Waals surface area (Å²) in [6.45, 7) is 14.7. The molecule has 0 radical (unpaired) electrons. The zero-order valence-electron chi connectivity index (χ0n) is 32.7. The van der Waals surface area contributed by atoms with Crippen LogP contribution in [0.3, 0.4) is 0 Å². The van der Waals surface area contributed by atoms with E-state index in [2.05, 4.69) is 54.5 Å². The highest BCUT2D eigenvalue weighted by molar-refractivity contribution is 5.82. The number of aliphatic carboxylic acids is 1. The minimum absolute atomic E-state index is 0.173. The predicted molar refractivity (Wildman–Crippen MR) is 194 cm³/mol. The molecule has 6 rings (SSSR count). The number of allylic oxidation sites excluding steroid dienone is 3. The van der Waals surface area contributed by atoms with Crippen LogP contribution in [-0.4, -0.2) is 116 Å². The molecule has 2 saturated heterocycles. The largest absolute Gasteiger partial charge is 0.481 e. The molecule has 7 N–H and O–H groups in total. The first-order valence-corrected chi connectivity index (χ1v) is 20.0. The predicted octanol–water partition coefficient (Wildman–Crippen LogP) is 3.83. The van der Waals surface area contributed by atoms with Gasteiger partial charge in [0, 0.05) is 0 Å². The second kappa shape index (κ2) is 15.1. The monoisotopic (exact) mass is 750 g/mol. The minimum atomic E-state index is -1.71. The number of hydrogen-bond acceptors (Lipinski definition) is 11. The minimum Gasteiger partial charge on any atom is -0.481 e. The van der Waals surface area contributed by atoms with E-state index in [-0.39, 0.29) is 29.5 Å². The van der Waals surface area contributed by atoms with E-state index in [1.54, 1.807) is 0 Å². The molecule has 0 aromatic rings. The van der Waals surface area contributed by atoms with E-state index >= 15 is 0 Å². The number of carboxylic acid groups (broad SMARTS) is 1. The fourth-order valence-electron chi connectivity index (χ4n) is 12.3. The lowest BCUT2D eigenvalue weighted by Crippen LogP contribution is -2.64. The third-order valence-electron chi connectivity index (χ3n) is 15.3. The molecule has 2 heterocycles. The summed E-state index contributed by atoms with van der Waals surface area (Å²) in [4.78, 5) is 13.7. The van der Waals surface area contributed by atoms with Gasteiger partial charge in [-0.25, -0.2) is 0 Å². The van der Waals surface area contributed by atoms with Crippen LogP contribution in [0.4, 0.5) is 0 Å². The second-order valence-electron chi connectivity index (χ2n) is 18.6. The van der Waals surface area contributed by atoms with Crippen molar-refractivity contribution in [2.45, 2.75) is 174 Å². The standard InChI is InChI=1S/C41H66O12/c1-21(2)9-8-10-22(3)23-14-18-41(37(48)49)25-11-12-28-38(4,5)29(15-16-39(28,6)24(25)13-17-40(23,41)7)52-36-34(30(44)26(43)20-50-36)53-35-33(47)32(46)31(45)27(19-42)51-35/h9,22-23,26-36,42-47H,8,10-20H2,1-7H3,(H,48,49). The Balaban J connectivity index is 1.23. The topological polar surface area (TPSA) is 196 Å². The lowest BCUT2D eigenvalue weighted by atomic mass is 9.43. The lowest BCUT2D eigenvalue weighted by molar-refractivity contribution is -0.365. The SMILES string of the molecule is CC(C)=CCCC(C)C1CCC2(C(=O)O)C3=C(CCC12C)C1(C)CCC(OC2OCC(O)C(O)C2OC2OC(CO)C(O)C(O)C2O)C(C)(C)C1CC3. The third-order valence-corrected chi connectivity index (χ3v) is 15.3. The molecule has 2 saturated carbocycles. The van der Waals surface area contributed by atoms with Crippen molar-refractivity contribution in [1.29, 1.82) is 0 Å². The fraction of sp³-hybridized carbons (Fsp3) is 0.878. The number of rotatable bonds is 10. The Morgan fingerprint density at radius 1 is 0.887 bits per heavy atom. The van der Waals surface area contributed by atoms with Crippen LogP contribution in [0.2, 0.25) is 0 Å². The van der Waals surface area contributed by atoms with Crippen LogP contribution in [-0.2, 0) is 23.7 Å². The Labute approximate surface area is 314 Å². The summed E-state index contributed by atoms with van der Waals surface area (Å²) in [6.07, 6.45) is -2.59. The lowest BCUT2D eigenvalue weighted by Gasteiger charge is -2.62. The molecule has 16 unspecified atom stereocenters. The van der Waals surface area contributed by atoms with Gasteiger partial charge in [-0.15, -0.1) is 0 Å². The summed E-state index contributed by atoms with van der Waals surface area (Å²) >= 11 is 0. The number of carbonyl (C=O) groups is 1. The van der Waals surface area contributed by atoms with Gasteiger partial charge >= 0.3 is 5.97 Å². The van der Waals surface area contributed by atoms with E-state index in [1.165, 1.54) is 16.7 Å². The van der Waals surface area contributed by atoms with Crippen molar-refractivity contribution >= 4 is 5.97 Å². The van der Waals surface area contributed by atoms with Crippen LogP contribution < -0.4 is 0 Å². The van der Waals surface area contributed by atoms with Crippen molar-refractivity contribution in [3.63, 3.8) is 0 Å². The molecular weight excluding hydrogens is 684 g/mol. The maximum atomic E-state index is 13.7. The maximum absolute atomic E-state index is 13.7. The summed E-state index contributed by atoms with van der Waals surface area (Å²) in [5.41, 5.74) is 2.06. The van der Waals surface area contributed by atoms with Crippen molar-refractivity contribution in [2.24, 2.45) is 39.4 Å². The Morgan fingerprint density at radius 3 is 2.26 bits per heavy atom. The highest BCUT2D eigenvalue weighted by atomic mass is 16.8. The Morgan fingerprint density at radius 2 is 1.60 bits per heavy atom. The molecule has 53 heavy (non-hydrogen) atoms. The molecule has 12 nitrogen and oxygen atoms in total. The number of hydrogen-bond donors (Lipinski definition) is 7. The van der Waals surface area contributed by atoms with Crippen molar-refractivity contribution < 1.29 is 59.5 Å². The number of fused-ring (bicyclic) bond motifs is 4. The van der Waals surface area contributed by atoms with Gasteiger partial charge in [-0.1, -0.05) is 57.4 Å². The molecule has 2 aliphatic heterocycles. The van der Waals surface area contributed by atoms with Crippen LogP contribution in [0.1, 0.15) is 113 Å². The van der Waals surface area contributed by atoms with Gasteiger partial charge < -0.3 is 54.7 Å². The Bertz CT molecular complexity index is 1410. The first-order valence-electron chi connectivity index (χ1n) is 20.0. The zero-order chi connectivity index (χ0) is 38.8. The number of carboxylic acids is 1. The van der Waals surface area contributed by atoms with E-state index < -0.39 is 78.7 Å². The van der Waals surface area contributed by atoms with Gasteiger partial charge in [0.15, 0.2) is 12.6 Å². The van der Waals surface area contributed by atoms with Crippen LogP contribution in [0.25, 0.3) is 0 Å². The van der Waals surface area contributed by atoms with E-state index in [4.69, 9.17) is 18.9 Å². The molecule has 4 fully saturated rings. The van der Waals surface area contributed by atoms with Gasteiger partial charge in [0.2, 0.25) is 0 Å². The summed E-state index contributed by atoms with van der Waals surface area (Å²) in [7, 11) is 0. The average molecular weight is 751 g/mol. The quantitative estimate of drug-likeness (QED) is 0.160.